The second kappa shape index (κ2) is 7.28. The highest BCUT2D eigenvalue weighted by atomic mass is 31.2. The zero-order chi connectivity index (χ0) is 14.3. The number of benzene rings is 1. The molecule has 0 fully saturated rings. The number of hydrogen-bond donors (Lipinski definition) is 0. The Morgan fingerprint density at radius 1 is 1.21 bits per heavy atom. The Bertz CT molecular complexity index is 439. The van der Waals surface area contributed by atoms with Gasteiger partial charge in [0.2, 0.25) is 0 Å². The van der Waals surface area contributed by atoms with E-state index in [1.807, 2.05) is 6.07 Å². The summed E-state index contributed by atoms with van der Waals surface area (Å²) in [6, 6.07) is 8.83. The maximum atomic E-state index is 11.9. The fourth-order valence-electron chi connectivity index (χ4n) is 1.32. The zero-order valence-corrected chi connectivity index (χ0v) is 12.0. The summed E-state index contributed by atoms with van der Waals surface area (Å²) in [6.07, 6.45) is 0. The van der Waals surface area contributed by atoms with E-state index in [2.05, 4.69) is 0 Å². The molecule has 0 aliphatic carbocycles. The van der Waals surface area contributed by atoms with Crippen LogP contribution in [0.2, 0.25) is 0 Å². The molecule has 1 aromatic carbocycles. The lowest BCUT2D eigenvalue weighted by Crippen LogP contribution is -2.21. The van der Waals surface area contributed by atoms with Crippen molar-refractivity contribution in [2.45, 2.75) is 12.8 Å². The lowest BCUT2D eigenvalue weighted by molar-refractivity contribution is -0.148. The Labute approximate surface area is 112 Å². The molecule has 0 unspecified atom stereocenters. The third kappa shape index (κ3) is 4.67. The molecule has 106 valence electrons. The summed E-state index contributed by atoms with van der Waals surface area (Å²) in [5.74, 6) is -1.09. The van der Waals surface area contributed by atoms with Crippen LogP contribution in [0, 0.1) is 0 Å². The highest BCUT2D eigenvalue weighted by Gasteiger charge is 2.33. The molecule has 0 bridgehead atoms. The van der Waals surface area contributed by atoms with Gasteiger partial charge in [-0.15, -0.1) is 0 Å². The Balaban J connectivity index is 2.45. The van der Waals surface area contributed by atoms with Crippen molar-refractivity contribution in [1.29, 1.82) is 0 Å². The molecule has 0 saturated carbocycles. The van der Waals surface area contributed by atoms with E-state index in [0.29, 0.717) is 5.75 Å². The van der Waals surface area contributed by atoms with Gasteiger partial charge in [0, 0.05) is 14.2 Å². The van der Waals surface area contributed by atoms with Crippen LogP contribution in [0.15, 0.2) is 30.3 Å². The van der Waals surface area contributed by atoms with Gasteiger partial charge in [-0.05, 0) is 19.1 Å². The second-order valence-corrected chi connectivity index (χ2v) is 6.13. The van der Waals surface area contributed by atoms with E-state index in [4.69, 9.17) is 18.5 Å². The molecule has 6 nitrogen and oxygen atoms in total. The summed E-state index contributed by atoms with van der Waals surface area (Å²) < 4.78 is 31.5. The highest BCUT2D eigenvalue weighted by molar-refractivity contribution is 7.54. The van der Waals surface area contributed by atoms with Gasteiger partial charge in [-0.1, -0.05) is 18.2 Å². The summed E-state index contributed by atoms with van der Waals surface area (Å²) in [5.41, 5.74) is 0. The van der Waals surface area contributed by atoms with Crippen LogP contribution in [-0.2, 0) is 23.1 Å². The van der Waals surface area contributed by atoms with Crippen LogP contribution < -0.4 is 4.74 Å². The number of carbonyl (C=O) groups is 1. The van der Waals surface area contributed by atoms with Gasteiger partial charge in [0.25, 0.3) is 0 Å². The largest absolute Gasteiger partial charge is 0.482 e. The average Bonchev–Trinajstić information content (AvgIpc) is 2.45. The Kier molecular flexibility index (Phi) is 6.02. The van der Waals surface area contributed by atoms with E-state index >= 15 is 0 Å². The van der Waals surface area contributed by atoms with Gasteiger partial charge < -0.3 is 18.5 Å². The van der Waals surface area contributed by atoms with Crippen molar-refractivity contribution in [3.8, 4) is 5.75 Å². The van der Waals surface area contributed by atoms with Crippen LogP contribution in [0.4, 0.5) is 0 Å². The predicted molar refractivity (Wildman–Crippen MR) is 69.1 cm³/mol. The minimum Gasteiger partial charge on any atom is -0.482 e. The Hall–Kier alpha value is -1.36. The molecule has 0 radical (unpaired) electrons. The SMILES string of the molecule is COP(=O)(OC)[C@@H](C)OC(=O)COc1ccccc1. The van der Waals surface area contributed by atoms with Crippen molar-refractivity contribution in [3.63, 3.8) is 0 Å². The van der Waals surface area contributed by atoms with E-state index in [9.17, 15) is 9.36 Å². The molecule has 0 heterocycles. The average molecular weight is 288 g/mol. The summed E-state index contributed by atoms with van der Waals surface area (Å²) in [4.78, 5) is 11.5. The molecule has 0 amide bonds. The van der Waals surface area contributed by atoms with Crippen molar-refractivity contribution in [2.75, 3.05) is 20.8 Å². The number of hydrogen-bond acceptors (Lipinski definition) is 6. The molecule has 1 rings (SSSR count). The predicted octanol–water partition coefficient (Wildman–Crippen LogP) is 2.44. The molecule has 0 aromatic heterocycles. The van der Waals surface area contributed by atoms with Crippen molar-refractivity contribution in [1.82, 2.24) is 0 Å². The summed E-state index contributed by atoms with van der Waals surface area (Å²) >= 11 is 0. The normalized spacial score (nSPS) is 12.8. The smallest absolute Gasteiger partial charge is 0.370 e. The van der Waals surface area contributed by atoms with Crippen molar-refractivity contribution < 1.29 is 27.9 Å². The third-order valence-corrected chi connectivity index (χ3v) is 4.37. The van der Waals surface area contributed by atoms with Crippen LogP contribution in [0.25, 0.3) is 0 Å². The maximum Gasteiger partial charge on any atom is 0.370 e. The van der Waals surface area contributed by atoms with Crippen LogP contribution in [0.3, 0.4) is 0 Å². The fraction of sp³-hybridized carbons (Fsp3) is 0.417. The number of carbonyl (C=O) groups excluding carboxylic acids is 1. The minimum absolute atomic E-state index is 0.276. The Morgan fingerprint density at radius 3 is 2.32 bits per heavy atom. The molecule has 19 heavy (non-hydrogen) atoms. The molecule has 0 aliphatic heterocycles. The second-order valence-electron chi connectivity index (χ2n) is 3.60. The summed E-state index contributed by atoms with van der Waals surface area (Å²) in [6.45, 7) is 1.16. The van der Waals surface area contributed by atoms with E-state index in [1.54, 1.807) is 24.3 Å². The quantitative estimate of drug-likeness (QED) is 0.567. The molecule has 0 spiro atoms. The number of esters is 1. The van der Waals surface area contributed by atoms with E-state index in [-0.39, 0.29) is 6.61 Å². The monoisotopic (exact) mass is 288 g/mol. The first-order valence-electron chi connectivity index (χ1n) is 5.60. The van der Waals surface area contributed by atoms with Gasteiger partial charge in [-0.25, -0.2) is 4.79 Å². The number of ether oxygens (including phenoxy) is 2. The number of rotatable bonds is 7. The van der Waals surface area contributed by atoms with Crippen LogP contribution in [-0.4, -0.2) is 32.6 Å². The first kappa shape index (κ1) is 15.7. The molecular weight excluding hydrogens is 271 g/mol. The maximum absolute atomic E-state index is 11.9. The molecule has 7 heteroatoms. The van der Waals surface area contributed by atoms with Crippen LogP contribution >= 0.6 is 7.60 Å². The molecule has 0 aliphatic rings. The Morgan fingerprint density at radius 2 is 1.79 bits per heavy atom. The lowest BCUT2D eigenvalue weighted by atomic mass is 10.3. The van der Waals surface area contributed by atoms with Gasteiger partial charge in [0.05, 0.1) is 0 Å². The molecule has 1 aromatic rings. The fourth-order valence-corrected chi connectivity index (χ4v) is 2.31. The summed E-state index contributed by atoms with van der Waals surface area (Å²) in [5, 5.41) is 0. The minimum atomic E-state index is -3.42. The third-order valence-electron chi connectivity index (χ3n) is 2.36. The molecular formula is C12H17O6P. The van der Waals surface area contributed by atoms with E-state index in [1.165, 1.54) is 21.1 Å². The van der Waals surface area contributed by atoms with Crippen molar-refractivity contribution in [2.24, 2.45) is 0 Å². The lowest BCUT2D eigenvalue weighted by Gasteiger charge is -2.20. The van der Waals surface area contributed by atoms with Gasteiger partial charge in [0.15, 0.2) is 12.5 Å². The van der Waals surface area contributed by atoms with Crippen LogP contribution in [0.1, 0.15) is 6.92 Å². The zero-order valence-electron chi connectivity index (χ0n) is 11.1. The summed E-state index contributed by atoms with van der Waals surface area (Å²) in [7, 11) is -0.958. The first-order chi connectivity index (χ1) is 9.01. The van der Waals surface area contributed by atoms with Crippen molar-refractivity contribution in [3.05, 3.63) is 30.3 Å². The van der Waals surface area contributed by atoms with Gasteiger partial charge in [0.1, 0.15) is 5.75 Å². The standard InChI is InChI=1S/C12H17O6P/c1-10(19(14,15-2)16-3)18-12(13)9-17-11-7-5-4-6-8-11/h4-8,10H,9H2,1-3H3/t10-/m0/s1. The topological polar surface area (TPSA) is 71.1 Å². The molecule has 0 saturated heterocycles. The van der Waals surface area contributed by atoms with Crippen molar-refractivity contribution >= 4 is 13.6 Å². The highest BCUT2D eigenvalue weighted by Crippen LogP contribution is 2.51. The van der Waals surface area contributed by atoms with Crippen LogP contribution in [0.5, 0.6) is 5.75 Å². The number of para-hydroxylation sites is 1. The van der Waals surface area contributed by atoms with E-state index < -0.39 is 19.4 Å². The van der Waals surface area contributed by atoms with Gasteiger partial charge >= 0.3 is 13.6 Å². The molecule has 1 atom stereocenters. The van der Waals surface area contributed by atoms with E-state index in [0.717, 1.165) is 0 Å². The first-order valence-corrected chi connectivity index (χ1v) is 7.21. The molecule has 0 N–H and O–H groups in total. The van der Waals surface area contributed by atoms with Gasteiger partial charge in [-0.2, -0.15) is 0 Å². The van der Waals surface area contributed by atoms with Gasteiger partial charge in [-0.3, -0.25) is 4.57 Å².